The lowest BCUT2D eigenvalue weighted by Gasteiger charge is -2.19. The van der Waals surface area contributed by atoms with Crippen LogP contribution >= 0.6 is 23.5 Å². The molecule has 0 unspecified atom stereocenters. The summed E-state index contributed by atoms with van der Waals surface area (Å²) in [5.41, 5.74) is 3.60. The first-order valence-electron chi connectivity index (χ1n) is 8.32. The number of fused-ring (bicyclic) bond motifs is 3. The van der Waals surface area contributed by atoms with Crippen LogP contribution in [0.25, 0.3) is 11.3 Å². The quantitative estimate of drug-likeness (QED) is 0.646. The summed E-state index contributed by atoms with van der Waals surface area (Å²) < 4.78 is 6.24. The molecule has 0 fully saturated rings. The Bertz CT molecular complexity index is 918. The highest BCUT2D eigenvalue weighted by atomic mass is 32.2. The van der Waals surface area contributed by atoms with Gasteiger partial charge in [-0.15, -0.1) is 22.0 Å². The van der Waals surface area contributed by atoms with Crippen LogP contribution in [0.3, 0.4) is 0 Å². The van der Waals surface area contributed by atoms with Gasteiger partial charge in [-0.2, -0.15) is 4.98 Å². The van der Waals surface area contributed by atoms with Crippen LogP contribution in [0.4, 0.5) is 5.69 Å². The maximum absolute atomic E-state index is 6.24. The van der Waals surface area contributed by atoms with Gasteiger partial charge in [-0.25, -0.2) is 0 Å². The Kier molecular flexibility index (Phi) is 4.99. The molecule has 2 heterocycles. The summed E-state index contributed by atoms with van der Waals surface area (Å²) in [4.78, 5) is 5.81. The number of rotatable bonds is 4. The fraction of sp³-hybridized carbons (Fsp3) is 0.211. The first-order valence-corrected chi connectivity index (χ1v) is 10.5. The van der Waals surface area contributed by atoms with Crippen molar-refractivity contribution in [2.75, 3.05) is 17.3 Å². The number of para-hydroxylation sites is 1. The minimum absolute atomic E-state index is 0.343. The van der Waals surface area contributed by atoms with E-state index in [-0.39, 0.29) is 6.23 Å². The Labute approximate surface area is 161 Å². The van der Waals surface area contributed by atoms with Crippen LogP contribution in [0.15, 0.2) is 58.6 Å². The molecule has 0 amide bonds. The minimum atomic E-state index is -0.343. The van der Waals surface area contributed by atoms with Crippen molar-refractivity contribution >= 4 is 29.2 Å². The third kappa shape index (κ3) is 3.37. The van der Waals surface area contributed by atoms with E-state index in [0.717, 1.165) is 22.6 Å². The molecule has 0 saturated carbocycles. The molecule has 2 aromatic carbocycles. The third-order valence-corrected chi connectivity index (χ3v) is 5.49. The van der Waals surface area contributed by atoms with E-state index in [1.165, 1.54) is 4.90 Å². The molecule has 0 radical (unpaired) electrons. The van der Waals surface area contributed by atoms with Crippen LogP contribution in [0.2, 0.25) is 0 Å². The highest BCUT2D eigenvalue weighted by Crippen LogP contribution is 2.39. The first kappa shape index (κ1) is 17.2. The molecule has 1 N–H and O–H groups in total. The second-order valence-corrected chi connectivity index (χ2v) is 7.75. The number of anilines is 1. The van der Waals surface area contributed by atoms with Gasteiger partial charge in [-0.05, 0) is 30.2 Å². The molecule has 132 valence electrons. The molecule has 1 aromatic heterocycles. The number of nitrogens with one attached hydrogen (secondary N) is 1. The Morgan fingerprint density at radius 1 is 1.08 bits per heavy atom. The molecular weight excluding hydrogens is 364 g/mol. The van der Waals surface area contributed by atoms with E-state index in [1.807, 2.05) is 24.3 Å². The number of benzene rings is 2. The average molecular weight is 383 g/mol. The second-order valence-electron chi connectivity index (χ2n) is 5.64. The smallest absolute Gasteiger partial charge is 0.247 e. The molecule has 26 heavy (non-hydrogen) atoms. The number of thioether (sulfide) groups is 2. The van der Waals surface area contributed by atoms with Crippen molar-refractivity contribution in [1.82, 2.24) is 15.2 Å². The highest BCUT2D eigenvalue weighted by molar-refractivity contribution is 7.99. The summed E-state index contributed by atoms with van der Waals surface area (Å²) >= 11 is 3.27. The lowest BCUT2D eigenvalue weighted by atomic mass is 10.1. The molecular formula is C19H18N4OS2. The average Bonchev–Trinajstić information content (AvgIpc) is 2.85. The Morgan fingerprint density at radius 3 is 2.65 bits per heavy atom. The predicted molar refractivity (Wildman–Crippen MR) is 107 cm³/mol. The molecule has 1 atom stereocenters. The van der Waals surface area contributed by atoms with Crippen LogP contribution in [-0.2, 0) is 0 Å². The summed E-state index contributed by atoms with van der Waals surface area (Å²) in [6.45, 7) is 2.06. The molecule has 0 bridgehead atoms. The predicted octanol–water partition coefficient (Wildman–Crippen LogP) is 4.88. The summed E-state index contributed by atoms with van der Waals surface area (Å²) in [7, 11) is 0. The van der Waals surface area contributed by atoms with E-state index in [2.05, 4.69) is 57.9 Å². The molecule has 0 saturated heterocycles. The van der Waals surface area contributed by atoms with Crippen LogP contribution in [0, 0.1) is 0 Å². The minimum Gasteiger partial charge on any atom is -0.448 e. The second kappa shape index (κ2) is 7.55. The van der Waals surface area contributed by atoms with E-state index in [4.69, 9.17) is 4.74 Å². The Morgan fingerprint density at radius 2 is 1.88 bits per heavy atom. The zero-order valence-electron chi connectivity index (χ0n) is 14.5. The molecule has 0 spiro atoms. The van der Waals surface area contributed by atoms with Crippen molar-refractivity contribution in [2.24, 2.45) is 0 Å². The van der Waals surface area contributed by atoms with Crippen molar-refractivity contribution in [3.8, 4) is 17.1 Å². The van der Waals surface area contributed by atoms with Gasteiger partial charge >= 0.3 is 0 Å². The van der Waals surface area contributed by atoms with Gasteiger partial charge in [0.15, 0.2) is 11.9 Å². The van der Waals surface area contributed by atoms with Gasteiger partial charge in [0.25, 0.3) is 0 Å². The first-order chi connectivity index (χ1) is 12.8. The summed E-state index contributed by atoms with van der Waals surface area (Å²) in [6.07, 6.45) is 1.72. The Hall–Kier alpha value is -2.25. The maximum Gasteiger partial charge on any atom is 0.247 e. The number of hydrogen-bond acceptors (Lipinski definition) is 7. The standard InChI is InChI=1S/C19H18N4OS2/c1-3-26-19-21-18-16(22-23-19)14-6-4-5-7-15(14)20-17(24-18)12-8-10-13(25-2)11-9-12/h4-11,17,20H,3H2,1-2H3/t17-/m0/s1. The zero-order valence-corrected chi connectivity index (χ0v) is 16.1. The molecule has 1 aliphatic heterocycles. The fourth-order valence-corrected chi connectivity index (χ4v) is 3.68. The zero-order chi connectivity index (χ0) is 17.9. The lowest BCUT2D eigenvalue weighted by Crippen LogP contribution is -2.17. The monoisotopic (exact) mass is 382 g/mol. The number of nitrogens with zero attached hydrogens (tertiary/aromatic N) is 3. The lowest BCUT2D eigenvalue weighted by molar-refractivity contribution is 0.225. The molecule has 5 nitrogen and oxygen atoms in total. The van der Waals surface area contributed by atoms with Crippen molar-refractivity contribution in [3.05, 3.63) is 54.1 Å². The molecule has 4 rings (SSSR count). The van der Waals surface area contributed by atoms with Crippen LogP contribution in [0.1, 0.15) is 18.7 Å². The van der Waals surface area contributed by atoms with E-state index < -0.39 is 0 Å². The Balaban J connectivity index is 1.79. The van der Waals surface area contributed by atoms with Crippen molar-refractivity contribution in [2.45, 2.75) is 23.2 Å². The van der Waals surface area contributed by atoms with E-state index >= 15 is 0 Å². The van der Waals surface area contributed by atoms with Gasteiger partial charge in [-0.3, -0.25) is 0 Å². The van der Waals surface area contributed by atoms with Crippen LogP contribution in [0.5, 0.6) is 5.88 Å². The van der Waals surface area contributed by atoms with Gasteiger partial charge in [0.1, 0.15) is 0 Å². The molecule has 3 aromatic rings. The summed E-state index contributed by atoms with van der Waals surface area (Å²) in [6, 6.07) is 16.3. The van der Waals surface area contributed by atoms with E-state index in [1.54, 1.807) is 23.5 Å². The van der Waals surface area contributed by atoms with E-state index in [9.17, 15) is 0 Å². The highest BCUT2D eigenvalue weighted by Gasteiger charge is 2.25. The number of aromatic nitrogens is 3. The van der Waals surface area contributed by atoms with Gasteiger partial charge < -0.3 is 10.1 Å². The van der Waals surface area contributed by atoms with Crippen molar-refractivity contribution < 1.29 is 4.74 Å². The van der Waals surface area contributed by atoms with Gasteiger partial charge in [0.2, 0.25) is 11.0 Å². The normalized spacial score (nSPS) is 15.2. The SMILES string of the molecule is CCSc1nnc2c(n1)O[C@@H](c1ccc(SC)cc1)Nc1ccccc1-2. The van der Waals surface area contributed by atoms with Crippen LogP contribution in [-0.4, -0.2) is 27.2 Å². The van der Waals surface area contributed by atoms with E-state index in [0.29, 0.717) is 16.7 Å². The fourth-order valence-electron chi connectivity index (χ4n) is 2.77. The maximum atomic E-state index is 6.24. The van der Waals surface area contributed by atoms with Crippen molar-refractivity contribution in [3.63, 3.8) is 0 Å². The van der Waals surface area contributed by atoms with Crippen LogP contribution < -0.4 is 10.1 Å². The molecule has 0 aliphatic carbocycles. The molecule has 1 aliphatic rings. The number of ether oxygens (including phenoxy) is 1. The molecule has 7 heteroatoms. The summed E-state index contributed by atoms with van der Waals surface area (Å²) in [5.74, 6) is 1.39. The number of hydrogen-bond donors (Lipinski definition) is 1. The summed E-state index contributed by atoms with van der Waals surface area (Å²) in [5, 5.41) is 12.7. The van der Waals surface area contributed by atoms with Gasteiger partial charge in [-0.1, -0.05) is 49.0 Å². The largest absolute Gasteiger partial charge is 0.448 e. The third-order valence-electron chi connectivity index (χ3n) is 4.03. The van der Waals surface area contributed by atoms with Crippen molar-refractivity contribution in [1.29, 1.82) is 0 Å². The van der Waals surface area contributed by atoms with Gasteiger partial charge in [0.05, 0.1) is 0 Å². The van der Waals surface area contributed by atoms with Gasteiger partial charge in [0, 0.05) is 21.7 Å². The topological polar surface area (TPSA) is 59.9 Å².